The Kier molecular flexibility index (Phi) is 4.68. The maximum absolute atomic E-state index is 12.1. The van der Waals surface area contributed by atoms with E-state index in [1.54, 1.807) is 42.6 Å². The monoisotopic (exact) mass is 327 g/mol. The molecule has 0 amide bonds. The Hall–Kier alpha value is -2.66. The van der Waals surface area contributed by atoms with E-state index in [-0.39, 0.29) is 18.9 Å². The van der Waals surface area contributed by atoms with Crippen molar-refractivity contribution in [2.45, 2.75) is 13.2 Å². The van der Waals surface area contributed by atoms with E-state index in [1.807, 2.05) is 18.2 Å². The number of benzene rings is 2. The van der Waals surface area contributed by atoms with Crippen LogP contribution in [-0.4, -0.2) is 20.8 Å². The van der Waals surface area contributed by atoms with E-state index >= 15 is 0 Å². The van der Waals surface area contributed by atoms with Crippen molar-refractivity contribution in [1.29, 1.82) is 0 Å². The summed E-state index contributed by atoms with van der Waals surface area (Å²) >= 11 is 5.82. The van der Waals surface area contributed by atoms with E-state index in [9.17, 15) is 4.79 Å². The van der Waals surface area contributed by atoms with Gasteiger partial charge in [0.25, 0.3) is 0 Å². The molecule has 3 rings (SSSR count). The molecule has 6 heteroatoms. The number of rotatable bonds is 6. The molecule has 2 aromatic carbocycles. The van der Waals surface area contributed by atoms with E-state index in [1.165, 1.54) is 4.68 Å². The molecule has 3 aromatic rings. The molecule has 0 N–H and O–H groups in total. The molecule has 0 radical (unpaired) electrons. The molecular weight excluding hydrogens is 314 g/mol. The van der Waals surface area contributed by atoms with Crippen LogP contribution in [0.1, 0.15) is 16.1 Å². The van der Waals surface area contributed by atoms with Gasteiger partial charge < -0.3 is 4.74 Å². The number of carbonyl (C=O) groups is 1. The summed E-state index contributed by atoms with van der Waals surface area (Å²) in [5, 5.41) is 8.61. The van der Waals surface area contributed by atoms with Crippen molar-refractivity contribution < 1.29 is 9.53 Å². The van der Waals surface area contributed by atoms with Crippen LogP contribution in [0.25, 0.3) is 0 Å². The van der Waals surface area contributed by atoms with Gasteiger partial charge in [-0.3, -0.25) is 4.79 Å². The summed E-state index contributed by atoms with van der Waals surface area (Å²) in [7, 11) is 0. The predicted octanol–water partition coefficient (Wildman–Crippen LogP) is 3.39. The molecule has 0 saturated carbocycles. The van der Waals surface area contributed by atoms with Crippen LogP contribution in [0, 0.1) is 0 Å². The SMILES string of the molecule is O=C(Cn1cc(COc2ccc(Cl)cc2)nn1)c1ccccc1. The van der Waals surface area contributed by atoms with Crippen LogP contribution >= 0.6 is 11.6 Å². The minimum Gasteiger partial charge on any atom is -0.487 e. The fourth-order valence-electron chi connectivity index (χ4n) is 2.03. The van der Waals surface area contributed by atoms with Crippen LogP contribution in [0.2, 0.25) is 5.02 Å². The molecule has 5 nitrogen and oxygen atoms in total. The lowest BCUT2D eigenvalue weighted by atomic mass is 10.1. The zero-order valence-corrected chi connectivity index (χ0v) is 13.0. The van der Waals surface area contributed by atoms with Crippen LogP contribution in [0.5, 0.6) is 5.75 Å². The van der Waals surface area contributed by atoms with E-state index in [2.05, 4.69) is 10.3 Å². The van der Waals surface area contributed by atoms with E-state index in [0.717, 1.165) is 0 Å². The third-order valence-electron chi connectivity index (χ3n) is 3.19. The van der Waals surface area contributed by atoms with Gasteiger partial charge in [-0.2, -0.15) is 0 Å². The molecule has 23 heavy (non-hydrogen) atoms. The lowest BCUT2D eigenvalue weighted by Crippen LogP contribution is -2.10. The van der Waals surface area contributed by atoms with Crippen molar-refractivity contribution in [1.82, 2.24) is 15.0 Å². The summed E-state index contributed by atoms with van der Waals surface area (Å²) < 4.78 is 7.10. The Bertz CT molecular complexity index is 785. The lowest BCUT2D eigenvalue weighted by Gasteiger charge is -2.03. The normalized spacial score (nSPS) is 10.5. The average Bonchev–Trinajstić information content (AvgIpc) is 3.02. The highest BCUT2D eigenvalue weighted by Crippen LogP contribution is 2.16. The van der Waals surface area contributed by atoms with Gasteiger partial charge in [0.2, 0.25) is 0 Å². The largest absolute Gasteiger partial charge is 0.487 e. The second-order valence-electron chi connectivity index (χ2n) is 4.94. The molecule has 0 fully saturated rings. The van der Waals surface area contributed by atoms with Crippen molar-refractivity contribution >= 4 is 17.4 Å². The predicted molar refractivity (Wildman–Crippen MR) is 86.6 cm³/mol. The van der Waals surface area contributed by atoms with Crippen LogP contribution in [0.4, 0.5) is 0 Å². The molecule has 0 bridgehead atoms. The summed E-state index contributed by atoms with van der Waals surface area (Å²) in [6.45, 7) is 0.430. The van der Waals surface area contributed by atoms with Gasteiger partial charge in [0, 0.05) is 10.6 Å². The number of ketones is 1. The van der Waals surface area contributed by atoms with Crippen molar-refractivity contribution in [2.75, 3.05) is 0 Å². The molecule has 0 aliphatic heterocycles. The molecule has 0 saturated heterocycles. The number of hydrogen-bond donors (Lipinski definition) is 0. The number of ether oxygens (including phenoxy) is 1. The molecular formula is C17H14ClN3O2. The summed E-state index contributed by atoms with van der Waals surface area (Å²) in [5.41, 5.74) is 1.31. The molecule has 1 aromatic heterocycles. The number of halogens is 1. The Labute approximate surface area is 138 Å². The second kappa shape index (κ2) is 7.07. The van der Waals surface area contributed by atoms with E-state index in [0.29, 0.717) is 22.0 Å². The van der Waals surface area contributed by atoms with E-state index in [4.69, 9.17) is 16.3 Å². The molecule has 0 aliphatic rings. The van der Waals surface area contributed by atoms with Gasteiger partial charge in [0.05, 0.1) is 6.20 Å². The summed E-state index contributed by atoms with van der Waals surface area (Å²) in [6, 6.07) is 16.2. The first-order valence-corrected chi connectivity index (χ1v) is 7.44. The maximum Gasteiger partial charge on any atom is 0.184 e. The highest BCUT2D eigenvalue weighted by atomic mass is 35.5. The van der Waals surface area contributed by atoms with Crippen molar-refractivity contribution in [2.24, 2.45) is 0 Å². The highest BCUT2D eigenvalue weighted by molar-refractivity contribution is 6.30. The van der Waals surface area contributed by atoms with Gasteiger partial charge >= 0.3 is 0 Å². The lowest BCUT2D eigenvalue weighted by molar-refractivity contribution is 0.0967. The number of Topliss-reactive ketones (excluding diaryl/α,β-unsaturated/α-hetero) is 1. The van der Waals surface area contributed by atoms with Gasteiger partial charge in [-0.15, -0.1) is 5.10 Å². The van der Waals surface area contributed by atoms with Crippen molar-refractivity contribution in [3.63, 3.8) is 0 Å². The van der Waals surface area contributed by atoms with Crippen LogP contribution in [0.15, 0.2) is 60.8 Å². The number of hydrogen-bond acceptors (Lipinski definition) is 4. The standard InChI is InChI=1S/C17H14ClN3O2/c18-14-6-8-16(9-7-14)23-12-15-10-21(20-19-15)11-17(22)13-4-2-1-3-5-13/h1-10H,11-12H2. The topological polar surface area (TPSA) is 57.0 Å². The van der Waals surface area contributed by atoms with Crippen LogP contribution in [0.3, 0.4) is 0 Å². The third kappa shape index (κ3) is 4.17. The van der Waals surface area contributed by atoms with Gasteiger partial charge in [-0.1, -0.05) is 47.1 Å². The molecule has 1 heterocycles. The van der Waals surface area contributed by atoms with Crippen LogP contribution < -0.4 is 4.74 Å². The number of aromatic nitrogens is 3. The summed E-state index contributed by atoms with van der Waals surface area (Å²) in [5.74, 6) is 0.685. The third-order valence-corrected chi connectivity index (χ3v) is 3.44. The van der Waals surface area contributed by atoms with Gasteiger partial charge in [0.15, 0.2) is 5.78 Å². The van der Waals surface area contributed by atoms with Gasteiger partial charge in [0.1, 0.15) is 24.6 Å². The first kappa shape index (κ1) is 15.2. The molecule has 0 unspecified atom stereocenters. The molecule has 0 spiro atoms. The number of nitrogens with zero attached hydrogens (tertiary/aromatic N) is 3. The van der Waals surface area contributed by atoms with Crippen molar-refractivity contribution in [3.8, 4) is 5.75 Å². The van der Waals surface area contributed by atoms with Crippen molar-refractivity contribution in [3.05, 3.63) is 77.1 Å². The second-order valence-corrected chi connectivity index (χ2v) is 5.38. The maximum atomic E-state index is 12.1. The average molecular weight is 328 g/mol. The number of carbonyl (C=O) groups excluding carboxylic acids is 1. The smallest absolute Gasteiger partial charge is 0.184 e. The Morgan fingerprint density at radius 3 is 2.57 bits per heavy atom. The van der Waals surface area contributed by atoms with E-state index < -0.39 is 0 Å². The zero-order chi connectivity index (χ0) is 16.1. The Balaban J connectivity index is 1.57. The Morgan fingerprint density at radius 1 is 1.09 bits per heavy atom. The molecule has 0 atom stereocenters. The zero-order valence-electron chi connectivity index (χ0n) is 12.2. The van der Waals surface area contributed by atoms with Gasteiger partial charge in [-0.05, 0) is 24.3 Å². The van der Waals surface area contributed by atoms with Crippen LogP contribution in [-0.2, 0) is 13.2 Å². The molecule has 0 aliphatic carbocycles. The quantitative estimate of drug-likeness (QED) is 0.651. The minimum atomic E-state index is -0.0133. The Morgan fingerprint density at radius 2 is 1.83 bits per heavy atom. The fourth-order valence-corrected chi connectivity index (χ4v) is 2.16. The molecule has 116 valence electrons. The summed E-state index contributed by atoms with van der Waals surface area (Å²) in [4.78, 5) is 12.1. The highest BCUT2D eigenvalue weighted by Gasteiger charge is 2.08. The van der Waals surface area contributed by atoms with Gasteiger partial charge in [-0.25, -0.2) is 4.68 Å². The first-order chi connectivity index (χ1) is 11.2. The summed E-state index contributed by atoms with van der Waals surface area (Å²) in [6.07, 6.45) is 1.71. The minimum absolute atomic E-state index is 0.0133. The fraction of sp³-hybridized carbons (Fsp3) is 0.118. The first-order valence-electron chi connectivity index (χ1n) is 7.06.